The van der Waals surface area contributed by atoms with Crippen molar-refractivity contribution in [3.8, 4) is 11.6 Å². The Bertz CT molecular complexity index is 492. The van der Waals surface area contributed by atoms with Gasteiger partial charge in [-0.3, -0.25) is 0 Å². The third kappa shape index (κ3) is 2.31. The van der Waals surface area contributed by atoms with Gasteiger partial charge in [0.1, 0.15) is 5.75 Å². The van der Waals surface area contributed by atoms with Gasteiger partial charge >= 0.3 is 0 Å². The van der Waals surface area contributed by atoms with Gasteiger partial charge in [-0.25, -0.2) is 4.98 Å². The van der Waals surface area contributed by atoms with Crippen molar-refractivity contribution in [2.24, 2.45) is 0 Å². The summed E-state index contributed by atoms with van der Waals surface area (Å²) in [6.07, 6.45) is 1.71. The fourth-order valence-corrected chi connectivity index (χ4v) is 1.30. The number of nitrogens with two attached hydrogens (primary N) is 1. The maximum absolute atomic E-state index is 5.78. The Morgan fingerprint density at radius 3 is 2.44 bits per heavy atom. The lowest BCUT2D eigenvalue weighted by Crippen LogP contribution is -1.93. The van der Waals surface area contributed by atoms with E-state index >= 15 is 0 Å². The second kappa shape index (κ2) is 4.23. The summed E-state index contributed by atoms with van der Waals surface area (Å²) in [4.78, 5) is 4.15. The van der Waals surface area contributed by atoms with Crippen molar-refractivity contribution in [2.45, 2.75) is 13.8 Å². The first-order valence-corrected chi connectivity index (χ1v) is 5.12. The van der Waals surface area contributed by atoms with E-state index in [0.717, 1.165) is 11.3 Å². The lowest BCUT2D eigenvalue weighted by molar-refractivity contribution is 0.463. The molecule has 1 aromatic carbocycles. The average Bonchev–Trinajstić information content (AvgIpc) is 2.27. The molecule has 82 valence electrons. The highest BCUT2D eigenvalue weighted by Gasteiger charge is 2.00. The smallest absolute Gasteiger partial charge is 0.221 e. The van der Waals surface area contributed by atoms with Crippen LogP contribution in [-0.2, 0) is 0 Å². The van der Waals surface area contributed by atoms with Crippen molar-refractivity contribution in [1.82, 2.24) is 4.98 Å². The molecule has 0 atom stereocenters. The summed E-state index contributed by atoms with van der Waals surface area (Å²) in [5.41, 5.74) is 8.62. The topological polar surface area (TPSA) is 48.1 Å². The van der Waals surface area contributed by atoms with Gasteiger partial charge in [-0.2, -0.15) is 0 Å². The molecular formula is C13H14N2O. The van der Waals surface area contributed by atoms with E-state index in [0.29, 0.717) is 11.6 Å². The maximum atomic E-state index is 5.78. The van der Waals surface area contributed by atoms with Crippen LogP contribution in [0.4, 0.5) is 5.69 Å². The highest BCUT2D eigenvalue weighted by molar-refractivity contribution is 5.47. The summed E-state index contributed by atoms with van der Waals surface area (Å²) in [6, 6.07) is 9.54. The second-order valence-corrected chi connectivity index (χ2v) is 3.79. The summed E-state index contributed by atoms with van der Waals surface area (Å²) >= 11 is 0. The number of hydrogen-bond acceptors (Lipinski definition) is 3. The van der Waals surface area contributed by atoms with Crippen LogP contribution in [0.25, 0.3) is 0 Å². The molecule has 2 aromatic rings. The van der Waals surface area contributed by atoms with Crippen LogP contribution in [0.1, 0.15) is 11.1 Å². The van der Waals surface area contributed by atoms with Crippen LogP contribution in [0.3, 0.4) is 0 Å². The van der Waals surface area contributed by atoms with E-state index in [4.69, 9.17) is 10.5 Å². The molecule has 0 saturated heterocycles. The molecule has 0 bridgehead atoms. The van der Waals surface area contributed by atoms with Crippen molar-refractivity contribution in [2.75, 3.05) is 5.73 Å². The maximum Gasteiger partial charge on any atom is 0.221 e. The molecule has 3 heteroatoms. The monoisotopic (exact) mass is 214 g/mol. The van der Waals surface area contributed by atoms with Gasteiger partial charge in [0, 0.05) is 18.0 Å². The van der Waals surface area contributed by atoms with Crippen LogP contribution >= 0.6 is 0 Å². The van der Waals surface area contributed by atoms with E-state index in [-0.39, 0.29) is 0 Å². The molecule has 1 heterocycles. The van der Waals surface area contributed by atoms with Crippen molar-refractivity contribution in [1.29, 1.82) is 0 Å². The molecular weight excluding hydrogens is 200 g/mol. The minimum Gasteiger partial charge on any atom is -0.439 e. The molecule has 16 heavy (non-hydrogen) atoms. The molecule has 1 aromatic heterocycles. The fourth-order valence-electron chi connectivity index (χ4n) is 1.30. The van der Waals surface area contributed by atoms with Gasteiger partial charge in [0.05, 0.1) is 0 Å². The number of anilines is 1. The Morgan fingerprint density at radius 2 is 1.81 bits per heavy atom. The van der Waals surface area contributed by atoms with Crippen molar-refractivity contribution < 1.29 is 4.74 Å². The Labute approximate surface area is 94.9 Å². The van der Waals surface area contributed by atoms with Crippen LogP contribution in [0.5, 0.6) is 11.6 Å². The number of benzene rings is 1. The molecule has 0 unspecified atom stereocenters. The fraction of sp³-hybridized carbons (Fsp3) is 0.154. The molecule has 0 aliphatic rings. The number of nitrogens with zero attached hydrogens (tertiary/aromatic N) is 1. The summed E-state index contributed by atoms with van der Waals surface area (Å²) < 4.78 is 5.58. The first kappa shape index (κ1) is 10.5. The molecule has 2 N–H and O–H groups in total. The quantitative estimate of drug-likeness (QED) is 0.835. The third-order valence-electron chi connectivity index (χ3n) is 2.36. The zero-order valence-corrected chi connectivity index (χ0v) is 9.40. The van der Waals surface area contributed by atoms with E-state index in [2.05, 4.69) is 4.98 Å². The van der Waals surface area contributed by atoms with E-state index in [1.165, 1.54) is 5.56 Å². The van der Waals surface area contributed by atoms with E-state index in [9.17, 15) is 0 Å². The predicted molar refractivity (Wildman–Crippen MR) is 64.6 cm³/mol. The Kier molecular flexibility index (Phi) is 2.77. The normalized spacial score (nSPS) is 10.1. The standard InChI is InChI=1S/C13H14N2O/c1-9-3-5-11(6-4-9)16-13-7-12(14)10(2)8-15-13/h3-8H,1-2H3,(H2,14,15). The van der Waals surface area contributed by atoms with Gasteiger partial charge in [0.2, 0.25) is 5.88 Å². The highest BCUT2D eigenvalue weighted by Crippen LogP contribution is 2.22. The van der Waals surface area contributed by atoms with Crippen molar-refractivity contribution in [3.63, 3.8) is 0 Å². The lowest BCUT2D eigenvalue weighted by atomic mass is 10.2. The van der Waals surface area contributed by atoms with Crippen molar-refractivity contribution in [3.05, 3.63) is 47.7 Å². The van der Waals surface area contributed by atoms with Gasteiger partial charge in [-0.05, 0) is 31.5 Å². The van der Waals surface area contributed by atoms with Crippen LogP contribution in [0, 0.1) is 13.8 Å². The Balaban J connectivity index is 2.20. The molecule has 0 aliphatic carbocycles. The number of ether oxygens (including phenoxy) is 1. The molecule has 0 spiro atoms. The molecule has 0 fully saturated rings. The third-order valence-corrected chi connectivity index (χ3v) is 2.36. The second-order valence-electron chi connectivity index (χ2n) is 3.79. The zero-order valence-electron chi connectivity index (χ0n) is 9.40. The first-order chi connectivity index (χ1) is 7.65. The van der Waals surface area contributed by atoms with Crippen LogP contribution < -0.4 is 10.5 Å². The van der Waals surface area contributed by atoms with Gasteiger partial charge in [0.15, 0.2) is 0 Å². The van der Waals surface area contributed by atoms with Crippen molar-refractivity contribution >= 4 is 5.69 Å². The summed E-state index contributed by atoms with van der Waals surface area (Å²) in [5.74, 6) is 1.29. The Morgan fingerprint density at radius 1 is 1.12 bits per heavy atom. The molecule has 0 amide bonds. The lowest BCUT2D eigenvalue weighted by Gasteiger charge is -2.06. The van der Waals surface area contributed by atoms with E-state index < -0.39 is 0 Å². The Hall–Kier alpha value is -2.03. The van der Waals surface area contributed by atoms with Gasteiger partial charge in [0.25, 0.3) is 0 Å². The first-order valence-electron chi connectivity index (χ1n) is 5.12. The molecule has 2 rings (SSSR count). The molecule has 0 saturated carbocycles. The minimum absolute atomic E-state index is 0.520. The summed E-state index contributed by atoms with van der Waals surface area (Å²) in [6.45, 7) is 3.95. The highest BCUT2D eigenvalue weighted by atomic mass is 16.5. The molecule has 3 nitrogen and oxygen atoms in total. The van der Waals surface area contributed by atoms with E-state index in [1.807, 2.05) is 38.1 Å². The number of rotatable bonds is 2. The van der Waals surface area contributed by atoms with E-state index in [1.54, 1.807) is 12.3 Å². The van der Waals surface area contributed by atoms with Crippen LogP contribution in [0.2, 0.25) is 0 Å². The van der Waals surface area contributed by atoms with Gasteiger partial charge in [-0.15, -0.1) is 0 Å². The number of hydrogen-bond donors (Lipinski definition) is 1. The summed E-state index contributed by atoms with van der Waals surface area (Å²) in [7, 11) is 0. The number of aromatic nitrogens is 1. The molecule has 0 radical (unpaired) electrons. The zero-order chi connectivity index (χ0) is 11.5. The largest absolute Gasteiger partial charge is 0.439 e. The van der Waals surface area contributed by atoms with Crippen LogP contribution in [-0.4, -0.2) is 4.98 Å². The number of aryl methyl sites for hydroxylation is 2. The minimum atomic E-state index is 0.520. The SMILES string of the molecule is Cc1ccc(Oc2cc(N)c(C)cn2)cc1. The van der Waals surface area contributed by atoms with Crippen LogP contribution in [0.15, 0.2) is 36.5 Å². The van der Waals surface area contributed by atoms with Gasteiger partial charge in [-0.1, -0.05) is 17.7 Å². The average molecular weight is 214 g/mol. The number of pyridine rings is 1. The van der Waals surface area contributed by atoms with Gasteiger partial charge < -0.3 is 10.5 Å². The number of nitrogen functional groups attached to an aromatic ring is 1. The summed E-state index contributed by atoms with van der Waals surface area (Å²) in [5, 5.41) is 0. The predicted octanol–water partition coefficient (Wildman–Crippen LogP) is 3.07. The molecule has 0 aliphatic heterocycles.